The van der Waals surface area contributed by atoms with Gasteiger partial charge in [0.1, 0.15) is 0 Å². The number of aromatic nitrogens is 1. The molecule has 3 aromatic rings. The van der Waals surface area contributed by atoms with E-state index in [2.05, 4.69) is 45.9 Å². The van der Waals surface area contributed by atoms with Crippen LogP contribution in [0.4, 0.5) is 10.8 Å². The van der Waals surface area contributed by atoms with Gasteiger partial charge in [-0.3, -0.25) is 4.79 Å². The zero-order chi connectivity index (χ0) is 21.4. The SMILES string of the molecule is Cc1ccc2nc(N3CCC(C(=O)N4CCN(c5cccc(Cl)c5)CC4)CC3)sc2c1. The zero-order valence-electron chi connectivity index (χ0n) is 17.8. The predicted molar refractivity (Wildman–Crippen MR) is 130 cm³/mol. The summed E-state index contributed by atoms with van der Waals surface area (Å²) in [6.45, 7) is 7.19. The molecule has 3 heterocycles. The Labute approximate surface area is 192 Å². The van der Waals surface area contributed by atoms with Gasteiger partial charge in [-0.15, -0.1) is 0 Å². The van der Waals surface area contributed by atoms with Crippen LogP contribution >= 0.6 is 22.9 Å². The van der Waals surface area contributed by atoms with Crippen molar-refractivity contribution in [2.45, 2.75) is 19.8 Å². The number of piperazine rings is 1. The third kappa shape index (κ3) is 4.37. The fraction of sp³-hybridized carbons (Fsp3) is 0.417. The fourth-order valence-electron chi connectivity index (χ4n) is 4.59. The Morgan fingerprint density at radius 1 is 1.00 bits per heavy atom. The second-order valence-corrected chi connectivity index (χ2v) is 9.97. The lowest BCUT2D eigenvalue weighted by Gasteiger charge is -2.39. The molecule has 2 saturated heterocycles. The Balaban J connectivity index is 1.16. The van der Waals surface area contributed by atoms with Crippen LogP contribution in [0.5, 0.6) is 0 Å². The van der Waals surface area contributed by atoms with E-state index in [1.165, 1.54) is 10.3 Å². The van der Waals surface area contributed by atoms with Crippen LogP contribution < -0.4 is 9.80 Å². The lowest BCUT2D eigenvalue weighted by atomic mass is 9.95. The number of benzene rings is 2. The van der Waals surface area contributed by atoms with Gasteiger partial charge in [-0.1, -0.05) is 35.1 Å². The summed E-state index contributed by atoms with van der Waals surface area (Å²) in [7, 11) is 0. The topological polar surface area (TPSA) is 39.7 Å². The summed E-state index contributed by atoms with van der Waals surface area (Å²) in [5.41, 5.74) is 3.47. The first-order valence-corrected chi connectivity index (χ1v) is 12.2. The van der Waals surface area contributed by atoms with Gasteiger partial charge in [-0.05, 0) is 55.7 Å². The Morgan fingerprint density at radius 3 is 2.52 bits per heavy atom. The standard InChI is InChI=1S/C24H27ClN4OS/c1-17-5-6-21-22(15-17)31-24(26-21)29-9-7-18(8-10-29)23(30)28-13-11-27(12-14-28)20-4-2-3-19(25)16-20/h2-6,15-16,18H,7-14H2,1H3. The first kappa shape index (κ1) is 20.6. The first-order valence-electron chi connectivity index (χ1n) is 11.0. The minimum absolute atomic E-state index is 0.130. The van der Waals surface area contributed by atoms with E-state index in [1.807, 2.05) is 18.2 Å². The van der Waals surface area contributed by atoms with E-state index < -0.39 is 0 Å². The average molecular weight is 455 g/mol. The van der Waals surface area contributed by atoms with Crippen LogP contribution in [0.25, 0.3) is 10.2 Å². The normalized spacial score (nSPS) is 18.1. The Bertz CT molecular complexity index is 1080. The number of aryl methyl sites for hydroxylation is 1. The van der Waals surface area contributed by atoms with E-state index in [9.17, 15) is 4.79 Å². The summed E-state index contributed by atoms with van der Waals surface area (Å²) in [6, 6.07) is 14.4. The van der Waals surface area contributed by atoms with Crippen LogP contribution in [0, 0.1) is 12.8 Å². The molecule has 0 spiro atoms. The van der Waals surface area contributed by atoms with Gasteiger partial charge in [-0.25, -0.2) is 4.98 Å². The van der Waals surface area contributed by atoms with Gasteiger partial charge < -0.3 is 14.7 Å². The van der Waals surface area contributed by atoms with Crippen molar-refractivity contribution in [3.8, 4) is 0 Å². The number of thiazole rings is 1. The van der Waals surface area contributed by atoms with E-state index in [-0.39, 0.29) is 5.92 Å². The van der Waals surface area contributed by atoms with Gasteiger partial charge in [0.15, 0.2) is 5.13 Å². The second-order valence-electron chi connectivity index (χ2n) is 8.52. The van der Waals surface area contributed by atoms with Gasteiger partial charge in [0.05, 0.1) is 10.2 Å². The molecule has 0 N–H and O–H groups in total. The molecule has 1 amide bonds. The molecule has 2 fully saturated rings. The van der Waals surface area contributed by atoms with Crippen molar-refractivity contribution in [3.05, 3.63) is 53.1 Å². The number of rotatable bonds is 3. The Hall–Kier alpha value is -2.31. The number of fused-ring (bicyclic) bond motifs is 1. The molecule has 5 rings (SSSR count). The molecule has 0 aliphatic carbocycles. The highest BCUT2D eigenvalue weighted by molar-refractivity contribution is 7.22. The molecule has 5 nitrogen and oxygen atoms in total. The Kier molecular flexibility index (Phi) is 5.76. The van der Waals surface area contributed by atoms with E-state index in [4.69, 9.17) is 16.6 Å². The molecule has 2 aromatic carbocycles. The van der Waals surface area contributed by atoms with Crippen molar-refractivity contribution in [1.29, 1.82) is 0 Å². The molecule has 162 valence electrons. The number of anilines is 2. The molecule has 7 heteroatoms. The van der Waals surface area contributed by atoms with Crippen LogP contribution in [0.15, 0.2) is 42.5 Å². The van der Waals surface area contributed by atoms with E-state index in [0.29, 0.717) is 5.91 Å². The quantitative estimate of drug-likeness (QED) is 0.568. The smallest absolute Gasteiger partial charge is 0.225 e. The van der Waals surface area contributed by atoms with Crippen LogP contribution in [0.3, 0.4) is 0 Å². The van der Waals surface area contributed by atoms with E-state index >= 15 is 0 Å². The summed E-state index contributed by atoms with van der Waals surface area (Å²) in [5.74, 6) is 0.455. The van der Waals surface area contributed by atoms with Crippen molar-refractivity contribution >= 4 is 49.9 Å². The van der Waals surface area contributed by atoms with Crippen LogP contribution in [0.2, 0.25) is 5.02 Å². The van der Waals surface area contributed by atoms with Crippen molar-refractivity contribution in [3.63, 3.8) is 0 Å². The van der Waals surface area contributed by atoms with Crippen molar-refractivity contribution in [2.75, 3.05) is 49.1 Å². The predicted octanol–water partition coefficient (Wildman–Crippen LogP) is 4.82. The molecular weight excluding hydrogens is 428 g/mol. The summed E-state index contributed by atoms with van der Waals surface area (Å²) >= 11 is 7.89. The number of carbonyl (C=O) groups is 1. The summed E-state index contributed by atoms with van der Waals surface area (Å²) in [4.78, 5) is 24.7. The highest BCUT2D eigenvalue weighted by atomic mass is 35.5. The van der Waals surface area contributed by atoms with E-state index in [0.717, 1.165) is 73.5 Å². The minimum Gasteiger partial charge on any atom is -0.368 e. The first-order chi connectivity index (χ1) is 15.1. The number of halogens is 1. The monoisotopic (exact) mass is 454 g/mol. The summed E-state index contributed by atoms with van der Waals surface area (Å²) < 4.78 is 1.24. The van der Waals surface area contributed by atoms with E-state index in [1.54, 1.807) is 11.3 Å². The number of piperidine rings is 1. The van der Waals surface area contributed by atoms with Crippen LogP contribution in [0.1, 0.15) is 18.4 Å². The molecule has 0 bridgehead atoms. The zero-order valence-corrected chi connectivity index (χ0v) is 19.3. The largest absolute Gasteiger partial charge is 0.368 e. The van der Waals surface area contributed by atoms with Gasteiger partial charge in [0.25, 0.3) is 0 Å². The average Bonchev–Trinajstić information content (AvgIpc) is 3.22. The fourth-order valence-corrected chi connectivity index (χ4v) is 5.89. The van der Waals surface area contributed by atoms with Gasteiger partial charge in [0.2, 0.25) is 5.91 Å². The van der Waals surface area contributed by atoms with Crippen LogP contribution in [-0.2, 0) is 4.79 Å². The second kappa shape index (κ2) is 8.67. The lowest BCUT2D eigenvalue weighted by Crippen LogP contribution is -2.51. The number of hydrogen-bond acceptors (Lipinski definition) is 5. The van der Waals surface area contributed by atoms with Crippen molar-refractivity contribution in [2.24, 2.45) is 5.92 Å². The molecule has 0 atom stereocenters. The highest BCUT2D eigenvalue weighted by Gasteiger charge is 2.31. The van der Waals surface area contributed by atoms with Gasteiger partial charge >= 0.3 is 0 Å². The Morgan fingerprint density at radius 2 is 1.77 bits per heavy atom. The maximum absolute atomic E-state index is 13.1. The number of nitrogens with zero attached hydrogens (tertiary/aromatic N) is 4. The van der Waals surface area contributed by atoms with Gasteiger partial charge in [0, 0.05) is 55.9 Å². The van der Waals surface area contributed by atoms with Gasteiger partial charge in [-0.2, -0.15) is 0 Å². The van der Waals surface area contributed by atoms with Crippen LogP contribution in [-0.4, -0.2) is 55.1 Å². The number of carbonyl (C=O) groups excluding carboxylic acids is 1. The lowest BCUT2D eigenvalue weighted by molar-refractivity contribution is -0.136. The maximum Gasteiger partial charge on any atom is 0.225 e. The molecule has 2 aliphatic heterocycles. The molecule has 0 radical (unpaired) electrons. The minimum atomic E-state index is 0.130. The number of amides is 1. The molecule has 1 aromatic heterocycles. The van der Waals surface area contributed by atoms with Crippen molar-refractivity contribution < 1.29 is 4.79 Å². The number of hydrogen-bond donors (Lipinski definition) is 0. The molecular formula is C24H27ClN4OS. The molecule has 0 saturated carbocycles. The molecule has 31 heavy (non-hydrogen) atoms. The third-order valence-corrected chi connectivity index (χ3v) is 7.73. The summed E-state index contributed by atoms with van der Waals surface area (Å²) in [5, 5.41) is 1.84. The highest BCUT2D eigenvalue weighted by Crippen LogP contribution is 2.32. The maximum atomic E-state index is 13.1. The summed E-state index contributed by atoms with van der Waals surface area (Å²) in [6.07, 6.45) is 1.81. The van der Waals surface area contributed by atoms with Crippen molar-refractivity contribution in [1.82, 2.24) is 9.88 Å². The molecule has 0 unspecified atom stereocenters. The molecule has 2 aliphatic rings. The third-order valence-electron chi connectivity index (χ3n) is 6.41.